The summed E-state index contributed by atoms with van der Waals surface area (Å²) in [5.41, 5.74) is 0.607. The summed E-state index contributed by atoms with van der Waals surface area (Å²) >= 11 is 12.0. The molecule has 1 rings (SSSR count). The molecule has 1 saturated carbocycles. The first-order valence-electron chi connectivity index (χ1n) is 3.93. The summed E-state index contributed by atoms with van der Waals surface area (Å²) in [6, 6.07) is 0. The minimum atomic E-state index is -1.31. The normalized spacial score (nSPS) is 43.9. The van der Waals surface area contributed by atoms with Crippen molar-refractivity contribution in [2.24, 2.45) is 5.41 Å². The molecule has 2 atom stereocenters. The number of hydrogen-bond donors (Lipinski definition) is 1. The molecule has 0 aromatic carbocycles. The van der Waals surface area contributed by atoms with Gasteiger partial charge in [-0.2, -0.15) is 0 Å². The van der Waals surface area contributed by atoms with Crippen LogP contribution in [0.1, 0.15) is 27.7 Å². The minimum Gasteiger partial charge on any atom is -0.372 e. The fraction of sp³-hybridized carbons (Fsp3) is 0.778. The fourth-order valence-corrected chi connectivity index (χ4v) is 2.44. The van der Waals surface area contributed by atoms with Crippen molar-refractivity contribution in [1.82, 2.24) is 0 Å². The van der Waals surface area contributed by atoms with Crippen LogP contribution in [-0.2, 0) is 0 Å². The fourth-order valence-electron chi connectivity index (χ4n) is 1.45. The van der Waals surface area contributed by atoms with E-state index < -0.39 is 15.3 Å². The largest absolute Gasteiger partial charge is 0.372 e. The van der Waals surface area contributed by atoms with E-state index >= 15 is 0 Å². The minimum absolute atomic E-state index is 0.458. The molecule has 0 heterocycles. The van der Waals surface area contributed by atoms with Gasteiger partial charge in [0, 0.05) is 5.41 Å². The van der Waals surface area contributed by atoms with Crippen molar-refractivity contribution in [2.45, 2.75) is 37.6 Å². The summed E-state index contributed by atoms with van der Waals surface area (Å²) in [5, 5.41) is 8.41. The molecule has 0 aliphatic heterocycles. The van der Waals surface area contributed by atoms with Crippen LogP contribution in [-0.4, -0.2) is 15.0 Å². The number of hydrogen-bond acceptors (Lipinski definition) is 1. The third kappa shape index (κ3) is 0.966. The summed E-state index contributed by atoms with van der Waals surface area (Å²) in [4.78, 5) is -0.805. The predicted octanol–water partition coefficient (Wildman–Crippen LogP) is 2.90. The van der Waals surface area contributed by atoms with Crippen LogP contribution in [0.15, 0.2) is 11.6 Å². The van der Waals surface area contributed by atoms with E-state index in [1.165, 1.54) is 0 Å². The molecule has 0 bridgehead atoms. The first-order valence-corrected chi connectivity index (χ1v) is 4.68. The molecule has 0 spiro atoms. The maximum Gasteiger partial charge on any atom is 0.169 e. The van der Waals surface area contributed by atoms with Crippen LogP contribution >= 0.6 is 23.2 Å². The highest BCUT2D eigenvalue weighted by Crippen LogP contribution is 2.72. The summed E-state index contributed by atoms with van der Waals surface area (Å²) in [5.74, 6) is 0. The molecule has 1 nitrogen and oxygen atoms in total. The number of allylic oxidation sites excluding steroid dienone is 1. The van der Waals surface area contributed by atoms with Crippen LogP contribution in [0.5, 0.6) is 0 Å². The smallest absolute Gasteiger partial charge is 0.169 e. The van der Waals surface area contributed by atoms with Gasteiger partial charge in [0.15, 0.2) is 5.06 Å². The van der Waals surface area contributed by atoms with Gasteiger partial charge < -0.3 is 5.11 Å². The molecule has 0 aromatic rings. The van der Waals surface area contributed by atoms with E-state index in [-0.39, 0.29) is 0 Å². The van der Waals surface area contributed by atoms with E-state index in [4.69, 9.17) is 23.2 Å². The van der Waals surface area contributed by atoms with Gasteiger partial charge in [0.05, 0.1) is 0 Å². The Kier molecular flexibility index (Phi) is 2.07. The Labute approximate surface area is 83.4 Å². The van der Waals surface area contributed by atoms with E-state index in [0.717, 1.165) is 5.57 Å². The quantitative estimate of drug-likeness (QED) is 0.520. The van der Waals surface area contributed by atoms with Crippen LogP contribution in [0.4, 0.5) is 0 Å². The monoisotopic (exact) mass is 208 g/mol. The molecule has 2 unspecified atom stereocenters. The summed E-state index contributed by atoms with van der Waals surface area (Å²) in [7, 11) is 0. The Balaban J connectivity index is 3.01. The van der Waals surface area contributed by atoms with Crippen LogP contribution in [0, 0.1) is 5.41 Å². The van der Waals surface area contributed by atoms with Crippen molar-refractivity contribution in [3.05, 3.63) is 11.6 Å². The van der Waals surface area contributed by atoms with E-state index in [0.29, 0.717) is 0 Å². The Morgan fingerprint density at radius 2 is 1.58 bits per heavy atom. The van der Waals surface area contributed by atoms with Crippen molar-refractivity contribution in [3.8, 4) is 0 Å². The molecule has 1 aliphatic carbocycles. The molecular weight excluding hydrogens is 195 g/mol. The molecule has 70 valence electrons. The van der Waals surface area contributed by atoms with E-state index in [2.05, 4.69) is 0 Å². The predicted molar refractivity (Wildman–Crippen MR) is 52.6 cm³/mol. The number of alkyl halides is 2. The van der Waals surface area contributed by atoms with Crippen LogP contribution in [0.25, 0.3) is 0 Å². The van der Waals surface area contributed by atoms with Gasteiger partial charge in [-0.25, -0.2) is 0 Å². The average Bonchev–Trinajstić information content (AvgIpc) is 2.08. The van der Waals surface area contributed by atoms with Crippen molar-refractivity contribution in [3.63, 3.8) is 0 Å². The molecule has 1 aliphatic rings. The standard InChI is InChI=1S/C9H14Cl2O/c1-6(2)5-8(10)7(3,4)9(8,11)12/h5,12H,1-4H3. The second-order valence-electron chi connectivity index (χ2n) is 4.18. The lowest BCUT2D eigenvalue weighted by Crippen LogP contribution is -2.10. The summed E-state index contributed by atoms with van der Waals surface area (Å²) < 4.78 is 0. The number of rotatable bonds is 1. The van der Waals surface area contributed by atoms with Gasteiger partial charge >= 0.3 is 0 Å². The zero-order valence-corrected chi connectivity index (χ0v) is 9.29. The van der Waals surface area contributed by atoms with Gasteiger partial charge in [0.1, 0.15) is 4.87 Å². The first-order chi connectivity index (χ1) is 5.17. The van der Waals surface area contributed by atoms with Gasteiger partial charge in [-0.15, -0.1) is 11.6 Å². The highest BCUT2D eigenvalue weighted by molar-refractivity contribution is 6.41. The molecule has 0 saturated heterocycles. The van der Waals surface area contributed by atoms with Gasteiger partial charge in [0.2, 0.25) is 0 Å². The highest BCUT2D eigenvalue weighted by atomic mass is 35.5. The maximum absolute atomic E-state index is 9.72. The summed E-state index contributed by atoms with van der Waals surface area (Å²) in [6.07, 6.45) is 1.82. The van der Waals surface area contributed by atoms with E-state index in [9.17, 15) is 5.11 Å². The highest BCUT2D eigenvalue weighted by Gasteiger charge is 2.81. The maximum atomic E-state index is 9.72. The Morgan fingerprint density at radius 3 is 1.67 bits per heavy atom. The Hall–Kier alpha value is 0.280. The Morgan fingerprint density at radius 1 is 1.25 bits per heavy atom. The summed E-state index contributed by atoms with van der Waals surface area (Å²) in [6.45, 7) is 7.58. The molecule has 1 N–H and O–H groups in total. The molecule has 0 amide bonds. The lowest BCUT2D eigenvalue weighted by molar-refractivity contribution is 0.192. The van der Waals surface area contributed by atoms with Crippen molar-refractivity contribution >= 4 is 23.2 Å². The molecule has 1 fully saturated rings. The lowest BCUT2D eigenvalue weighted by Gasteiger charge is -2.04. The van der Waals surface area contributed by atoms with Crippen LogP contribution in [0.3, 0.4) is 0 Å². The van der Waals surface area contributed by atoms with Crippen LogP contribution < -0.4 is 0 Å². The first kappa shape index (κ1) is 10.4. The van der Waals surface area contributed by atoms with Gasteiger partial charge in [-0.05, 0) is 13.8 Å². The number of aliphatic hydroxyl groups is 1. The number of halogens is 2. The van der Waals surface area contributed by atoms with Crippen molar-refractivity contribution in [1.29, 1.82) is 0 Å². The zero-order valence-electron chi connectivity index (χ0n) is 7.78. The topological polar surface area (TPSA) is 20.2 Å². The van der Waals surface area contributed by atoms with E-state index in [1.807, 2.05) is 33.8 Å². The average molecular weight is 209 g/mol. The van der Waals surface area contributed by atoms with Crippen LogP contribution in [0.2, 0.25) is 0 Å². The third-order valence-corrected chi connectivity index (χ3v) is 4.37. The van der Waals surface area contributed by atoms with E-state index in [1.54, 1.807) is 0 Å². The third-order valence-electron chi connectivity index (χ3n) is 2.65. The molecule has 3 heteroatoms. The Bertz CT molecular complexity index is 223. The molecular formula is C9H14Cl2O. The molecule has 0 radical (unpaired) electrons. The second-order valence-corrected chi connectivity index (χ2v) is 5.32. The SMILES string of the molecule is CC(C)=CC1(Cl)C(C)(C)C1(O)Cl. The molecule has 0 aromatic heterocycles. The second kappa shape index (κ2) is 2.40. The molecule has 12 heavy (non-hydrogen) atoms. The zero-order chi connectivity index (χ0) is 9.78. The lowest BCUT2D eigenvalue weighted by atomic mass is 10.1. The van der Waals surface area contributed by atoms with Gasteiger partial charge in [-0.3, -0.25) is 0 Å². The van der Waals surface area contributed by atoms with Crippen molar-refractivity contribution in [2.75, 3.05) is 0 Å². The van der Waals surface area contributed by atoms with Gasteiger partial charge in [-0.1, -0.05) is 37.1 Å². The van der Waals surface area contributed by atoms with Crippen molar-refractivity contribution < 1.29 is 5.11 Å². The van der Waals surface area contributed by atoms with Gasteiger partial charge in [0.25, 0.3) is 0 Å².